The second kappa shape index (κ2) is 8.62. The minimum Gasteiger partial charge on any atom is -0.299 e. The van der Waals surface area contributed by atoms with Crippen molar-refractivity contribution in [3.05, 3.63) is 80.2 Å². The number of benzene rings is 2. The maximum Gasteiger partial charge on any atom is 0.270 e. The lowest BCUT2D eigenvalue weighted by molar-refractivity contribution is -0.384. The fraction of sp³-hybridized carbons (Fsp3) is 0.150. The molecule has 142 valence electrons. The average Bonchev–Trinajstić information content (AvgIpc) is 3.01. The van der Waals surface area contributed by atoms with Crippen LogP contribution in [0, 0.1) is 10.1 Å². The van der Waals surface area contributed by atoms with E-state index in [4.69, 9.17) is 0 Å². The molecule has 8 heteroatoms. The number of non-ortho nitro benzene ring substituents is 1. The van der Waals surface area contributed by atoms with Crippen LogP contribution in [-0.2, 0) is 4.79 Å². The molecule has 2 aromatic carbocycles. The Morgan fingerprint density at radius 2 is 1.89 bits per heavy atom. The standard InChI is InChI=1S/C20H18N4O3S/c1-13(2)16-8-6-14(7-9-16)12-21-23-20-22-19(25)18(28-20)11-15-4-3-5-17(10-15)24(26)27/h3-13H,1-2H3,(H,22,23,25)/b18-11+,21-12+. The first kappa shape index (κ1) is 19.5. The average molecular weight is 394 g/mol. The Morgan fingerprint density at radius 3 is 2.57 bits per heavy atom. The van der Waals surface area contributed by atoms with E-state index in [9.17, 15) is 14.9 Å². The normalized spacial score (nSPS) is 17.0. The lowest BCUT2D eigenvalue weighted by Crippen LogP contribution is -2.19. The Morgan fingerprint density at radius 1 is 1.14 bits per heavy atom. The molecule has 1 heterocycles. The highest BCUT2D eigenvalue weighted by molar-refractivity contribution is 8.18. The van der Waals surface area contributed by atoms with E-state index in [0.29, 0.717) is 21.6 Å². The van der Waals surface area contributed by atoms with Crippen molar-refractivity contribution in [1.82, 2.24) is 5.32 Å². The van der Waals surface area contributed by atoms with Crippen LogP contribution in [0.25, 0.3) is 6.08 Å². The summed E-state index contributed by atoms with van der Waals surface area (Å²) in [6.07, 6.45) is 3.20. The van der Waals surface area contributed by atoms with Crippen LogP contribution in [-0.4, -0.2) is 22.2 Å². The van der Waals surface area contributed by atoms with Crippen LogP contribution in [0.3, 0.4) is 0 Å². The van der Waals surface area contributed by atoms with Gasteiger partial charge >= 0.3 is 0 Å². The summed E-state index contributed by atoms with van der Waals surface area (Å²) in [6.45, 7) is 4.27. The summed E-state index contributed by atoms with van der Waals surface area (Å²) in [5.74, 6) is 0.152. The Labute approximate surface area is 166 Å². The minimum absolute atomic E-state index is 0.0280. The number of rotatable bonds is 5. The summed E-state index contributed by atoms with van der Waals surface area (Å²) >= 11 is 1.14. The smallest absolute Gasteiger partial charge is 0.270 e. The number of amidine groups is 1. The number of hydrogen-bond acceptors (Lipinski definition) is 6. The second-order valence-electron chi connectivity index (χ2n) is 6.39. The summed E-state index contributed by atoms with van der Waals surface area (Å²) in [4.78, 5) is 22.9. The van der Waals surface area contributed by atoms with Gasteiger partial charge in [-0.1, -0.05) is 50.2 Å². The first-order valence-corrected chi connectivity index (χ1v) is 9.40. The van der Waals surface area contributed by atoms with Gasteiger partial charge in [0.2, 0.25) is 0 Å². The van der Waals surface area contributed by atoms with E-state index in [2.05, 4.69) is 29.4 Å². The van der Waals surface area contributed by atoms with E-state index in [0.717, 1.165) is 17.3 Å². The first-order chi connectivity index (χ1) is 13.4. The lowest BCUT2D eigenvalue weighted by atomic mass is 10.0. The summed E-state index contributed by atoms with van der Waals surface area (Å²) in [5, 5.41) is 21.9. The summed E-state index contributed by atoms with van der Waals surface area (Å²) in [7, 11) is 0. The van der Waals surface area contributed by atoms with E-state index < -0.39 is 4.92 Å². The van der Waals surface area contributed by atoms with Gasteiger partial charge in [-0.25, -0.2) is 0 Å². The van der Waals surface area contributed by atoms with Gasteiger partial charge in [0.15, 0.2) is 5.17 Å². The zero-order valence-electron chi connectivity index (χ0n) is 15.3. The fourth-order valence-electron chi connectivity index (χ4n) is 2.47. The number of nitrogens with zero attached hydrogens (tertiary/aromatic N) is 3. The molecule has 0 atom stereocenters. The van der Waals surface area contributed by atoms with Gasteiger partial charge in [-0.05, 0) is 40.4 Å². The summed E-state index contributed by atoms with van der Waals surface area (Å²) in [6, 6.07) is 14.1. The molecule has 0 bridgehead atoms. The first-order valence-electron chi connectivity index (χ1n) is 8.59. The molecule has 0 radical (unpaired) electrons. The van der Waals surface area contributed by atoms with Crippen LogP contribution in [0.4, 0.5) is 5.69 Å². The third kappa shape index (κ3) is 4.92. The quantitative estimate of drug-likeness (QED) is 0.354. The summed E-state index contributed by atoms with van der Waals surface area (Å²) in [5.41, 5.74) is 2.70. The highest BCUT2D eigenvalue weighted by atomic mass is 32.2. The predicted octanol–water partition coefficient (Wildman–Crippen LogP) is 4.31. The van der Waals surface area contributed by atoms with Gasteiger partial charge in [0.05, 0.1) is 16.0 Å². The van der Waals surface area contributed by atoms with E-state index >= 15 is 0 Å². The fourth-order valence-corrected chi connectivity index (χ4v) is 3.25. The highest BCUT2D eigenvalue weighted by Crippen LogP contribution is 2.27. The molecule has 1 amide bonds. The topological polar surface area (TPSA) is 97.0 Å². The third-order valence-corrected chi connectivity index (χ3v) is 4.89. The maximum absolute atomic E-state index is 12.1. The van der Waals surface area contributed by atoms with Crippen molar-refractivity contribution < 1.29 is 9.72 Å². The van der Waals surface area contributed by atoms with Crippen LogP contribution in [0.1, 0.15) is 36.5 Å². The van der Waals surface area contributed by atoms with Crippen LogP contribution in [0.2, 0.25) is 0 Å². The molecule has 1 aliphatic rings. The van der Waals surface area contributed by atoms with Crippen LogP contribution < -0.4 is 5.32 Å². The van der Waals surface area contributed by atoms with Crippen LogP contribution >= 0.6 is 11.8 Å². The van der Waals surface area contributed by atoms with E-state index in [-0.39, 0.29) is 11.6 Å². The number of nitrogens with one attached hydrogen (secondary N) is 1. The monoisotopic (exact) mass is 394 g/mol. The van der Waals surface area contributed by atoms with Crippen molar-refractivity contribution >= 4 is 40.8 Å². The Kier molecular flexibility index (Phi) is 6.00. The Balaban J connectivity index is 1.69. The molecule has 28 heavy (non-hydrogen) atoms. The predicted molar refractivity (Wildman–Crippen MR) is 112 cm³/mol. The van der Waals surface area contributed by atoms with Gasteiger partial charge < -0.3 is 0 Å². The summed E-state index contributed by atoms with van der Waals surface area (Å²) < 4.78 is 0. The van der Waals surface area contributed by atoms with Crippen molar-refractivity contribution in [1.29, 1.82) is 0 Å². The second-order valence-corrected chi connectivity index (χ2v) is 7.42. The van der Waals surface area contributed by atoms with Crippen molar-refractivity contribution in [3.63, 3.8) is 0 Å². The zero-order chi connectivity index (χ0) is 20.1. The molecule has 1 fully saturated rings. The molecule has 1 N–H and O–H groups in total. The van der Waals surface area contributed by atoms with Gasteiger partial charge in [-0.3, -0.25) is 20.2 Å². The number of nitro benzene ring substituents is 1. The SMILES string of the molecule is CC(C)c1ccc(/C=N/N=C2\NC(=O)/C(=C\c3cccc([N+](=O)[O-])c3)S2)cc1. The third-order valence-electron chi connectivity index (χ3n) is 3.99. The van der Waals surface area contributed by atoms with Crippen LogP contribution in [0.5, 0.6) is 0 Å². The van der Waals surface area contributed by atoms with E-state index in [1.54, 1.807) is 24.4 Å². The number of carbonyl (C=O) groups excluding carboxylic acids is 1. The minimum atomic E-state index is -0.473. The zero-order valence-corrected chi connectivity index (χ0v) is 16.1. The van der Waals surface area contributed by atoms with Crippen molar-refractivity contribution in [2.45, 2.75) is 19.8 Å². The number of amides is 1. The molecule has 2 aromatic rings. The molecular weight excluding hydrogens is 376 g/mol. The van der Waals surface area contributed by atoms with E-state index in [1.807, 2.05) is 24.3 Å². The van der Waals surface area contributed by atoms with Crippen molar-refractivity contribution in [2.75, 3.05) is 0 Å². The molecule has 7 nitrogen and oxygen atoms in total. The van der Waals surface area contributed by atoms with E-state index in [1.165, 1.54) is 17.7 Å². The highest BCUT2D eigenvalue weighted by Gasteiger charge is 2.24. The molecule has 3 rings (SSSR count). The molecule has 0 aromatic heterocycles. The molecule has 0 unspecified atom stereocenters. The van der Waals surface area contributed by atoms with Crippen molar-refractivity contribution in [2.24, 2.45) is 10.2 Å². The molecule has 0 saturated carbocycles. The molecule has 1 aliphatic heterocycles. The molecule has 0 aliphatic carbocycles. The maximum atomic E-state index is 12.1. The number of thioether (sulfide) groups is 1. The van der Waals surface area contributed by atoms with Gasteiger partial charge in [0.25, 0.3) is 11.6 Å². The van der Waals surface area contributed by atoms with Crippen molar-refractivity contribution in [3.8, 4) is 0 Å². The lowest BCUT2D eigenvalue weighted by Gasteiger charge is -2.03. The number of carbonyl (C=O) groups is 1. The molecule has 1 saturated heterocycles. The Hall–Kier alpha value is -3.26. The van der Waals surface area contributed by atoms with Gasteiger partial charge in [0.1, 0.15) is 0 Å². The number of nitro groups is 1. The molecule has 0 spiro atoms. The number of hydrogen-bond donors (Lipinski definition) is 1. The largest absolute Gasteiger partial charge is 0.299 e. The Bertz CT molecular complexity index is 995. The van der Waals surface area contributed by atoms with Gasteiger partial charge in [-0.2, -0.15) is 5.10 Å². The van der Waals surface area contributed by atoms with Gasteiger partial charge in [0, 0.05) is 12.1 Å². The van der Waals surface area contributed by atoms with Gasteiger partial charge in [-0.15, -0.1) is 5.10 Å². The molecular formula is C20H18N4O3S. The van der Waals surface area contributed by atoms with Crippen LogP contribution in [0.15, 0.2) is 63.6 Å².